The Morgan fingerprint density at radius 3 is 2.00 bits per heavy atom. The van der Waals surface area contributed by atoms with Gasteiger partial charge < -0.3 is 24.0 Å². The van der Waals surface area contributed by atoms with Gasteiger partial charge in [-0.05, 0) is 5.56 Å². The van der Waals surface area contributed by atoms with Gasteiger partial charge in [-0.3, -0.25) is 4.79 Å². The fourth-order valence-corrected chi connectivity index (χ4v) is 3.35. The summed E-state index contributed by atoms with van der Waals surface area (Å²) in [7, 11) is 4.82. The summed E-state index contributed by atoms with van der Waals surface area (Å²) in [5, 5.41) is 0. The number of rotatable bonds is 6. The Morgan fingerprint density at radius 1 is 0.889 bits per heavy atom. The van der Waals surface area contributed by atoms with E-state index in [9.17, 15) is 4.79 Å². The second-order valence-electron chi connectivity index (χ2n) is 6.41. The molecule has 1 heterocycles. The average molecular weight is 370 g/mol. The van der Waals surface area contributed by atoms with E-state index in [0.29, 0.717) is 36.8 Å². The smallest absolute Gasteiger partial charge is 0.227 e. The van der Waals surface area contributed by atoms with E-state index in [1.165, 1.54) is 0 Å². The zero-order chi connectivity index (χ0) is 19.2. The van der Waals surface area contributed by atoms with Crippen molar-refractivity contribution >= 4 is 11.6 Å². The number of carbonyl (C=O) groups excluding carboxylic acids is 1. The fraction of sp³-hybridized carbons (Fsp3) is 0.381. The fourth-order valence-electron chi connectivity index (χ4n) is 3.35. The SMILES string of the molecule is COc1cc(N2CCN(C(=O)Cc3ccccc3)CC2)cc(OC)c1OC. The lowest BCUT2D eigenvalue weighted by molar-refractivity contribution is -0.130. The molecule has 0 bridgehead atoms. The second kappa shape index (κ2) is 8.66. The van der Waals surface area contributed by atoms with Crippen LogP contribution in [0.1, 0.15) is 5.56 Å². The Balaban J connectivity index is 1.66. The summed E-state index contributed by atoms with van der Waals surface area (Å²) in [6.45, 7) is 2.92. The minimum absolute atomic E-state index is 0.172. The number of benzene rings is 2. The Bertz CT molecular complexity index is 746. The number of hydrogen-bond acceptors (Lipinski definition) is 5. The van der Waals surface area contributed by atoms with Gasteiger partial charge in [0.25, 0.3) is 0 Å². The molecule has 1 aliphatic rings. The molecule has 0 spiro atoms. The number of amides is 1. The first-order chi connectivity index (χ1) is 13.2. The number of nitrogens with zero attached hydrogens (tertiary/aromatic N) is 2. The van der Waals surface area contributed by atoms with Gasteiger partial charge in [0, 0.05) is 44.0 Å². The van der Waals surface area contributed by atoms with E-state index in [2.05, 4.69) is 4.90 Å². The van der Waals surface area contributed by atoms with Gasteiger partial charge in [-0.15, -0.1) is 0 Å². The molecule has 0 unspecified atom stereocenters. The van der Waals surface area contributed by atoms with Crippen molar-refractivity contribution in [2.24, 2.45) is 0 Å². The molecule has 1 saturated heterocycles. The normalized spacial score (nSPS) is 14.0. The summed E-state index contributed by atoms with van der Waals surface area (Å²) in [6.07, 6.45) is 0.449. The van der Waals surface area contributed by atoms with Crippen molar-refractivity contribution in [3.05, 3.63) is 48.0 Å². The summed E-state index contributed by atoms with van der Waals surface area (Å²) in [5.74, 6) is 2.02. The third kappa shape index (κ3) is 4.27. The van der Waals surface area contributed by atoms with Crippen molar-refractivity contribution in [1.29, 1.82) is 0 Å². The zero-order valence-corrected chi connectivity index (χ0v) is 16.1. The molecule has 0 atom stereocenters. The van der Waals surface area contributed by atoms with E-state index in [0.717, 1.165) is 24.3 Å². The Kier molecular flexibility index (Phi) is 6.06. The predicted octanol–water partition coefficient (Wildman–Crippen LogP) is 2.60. The molecule has 1 fully saturated rings. The topological polar surface area (TPSA) is 51.2 Å². The summed E-state index contributed by atoms with van der Waals surface area (Å²) in [4.78, 5) is 16.7. The van der Waals surface area contributed by atoms with Gasteiger partial charge in [-0.25, -0.2) is 0 Å². The van der Waals surface area contributed by atoms with Crippen molar-refractivity contribution in [3.63, 3.8) is 0 Å². The molecule has 3 rings (SSSR count). The number of methoxy groups -OCH3 is 3. The third-order valence-electron chi connectivity index (χ3n) is 4.85. The number of anilines is 1. The molecule has 2 aromatic rings. The van der Waals surface area contributed by atoms with Crippen LogP contribution in [0.15, 0.2) is 42.5 Å². The van der Waals surface area contributed by atoms with E-state index in [1.54, 1.807) is 21.3 Å². The van der Waals surface area contributed by atoms with Crippen LogP contribution in [0.4, 0.5) is 5.69 Å². The molecule has 0 radical (unpaired) electrons. The van der Waals surface area contributed by atoms with E-state index in [1.807, 2.05) is 47.4 Å². The maximum atomic E-state index is 12.5. The van der Waals surface area contributed by atoms with E-state index >= 15 is 0 Å². The lowest BCUT2D eigenvalue weighted by atomic mass is 10.1. The first kappa shape index (κ1) is 18.9. The molecular weight excluding hydrogens is 344 g/mol. The molecule has 1 aliphatic heterocycles. The minimum Gasteiger partial charge on any atom is -0.493 e. The lowest BCUT2D eigenvalue weighted by Gasteiger charge is -2.36. The van der Waals surface area contributed by atoms with Crippen LogP contribution in [0.2, 0.25) is 0 Å². The summed E-state index contributed by atoms with van der Waals surface area (Å²) >= 11 is 0. The molecule has 144 valence electrons. The van der Waals surface area contributed by atoms with Gasteiger partial charge in [0.05, 0.1) is 27.8 Å². The van der Waals surface area contributed by atoms with Gasteiger partial charge in [0.15, 0.2) is 11.5 Å². The van der Waals surface area contributed by atoms with Crippen molar-refractivity contribution in [2.75, 3.05) is 52.4 Å². The maximum absolute atomic E-state index is 12.5. The van der Waals surface area contributed by atoms with E-state index in [4.69, 9.17) is 14.2 Å². The summed E-state index contributed by atoms with van der Waals surface area (Å²) < 4.78 is 16.3. The van der Waals surface area contributed by atoms with Crippen molar-refractivity contribution < 1.29 is 19.0 Å². The number of hydrogen-bond donors (Lipinski definition) is 0. The van der Waals surface area contributed by atoms with Crippen LogP contribution in [0.25, 0.3) is 0 Å². The zero-order valence-electron chi connectivity index (χ0n) is 16.1. The highest BCUT2D eigenvalue weighted by Crippen LogP contribution is 2.41. The molecule has 0 aromatic heterocycles. The molecule has 0 saturated carbocycles. The van der Waals surface area contributed by atoms with Gasteiger partial charge in [0.2, 0.25) is 11.7 Å². The Morgan fingerprint density at radius 2 is 1.48 bits per heavy atom. The number of piperazine rings is 1. The third-order valence-corrected chi connectivity index (χ3v) is 4.85. The van der Waals surface area contributed by atoms with Crippen LogP contribution >= 0.6 is 0 Å². The van der Waals surface area contributed by atoms with Crippen LogP contribution in [-0.2, 0) is 11.2 Å². The molecule has 6 heteroatoms. The van der Waals surface area contributed by atoms with Crippen molar-refractivity contribution in [1.82, 2.24) is 4.90 Å². The molecule has 0 N–H and O–H groups in total. The average Bonchev–Trinajstić information content (AvgIpc) is 2.73. The second-order valence-corrected chi connectivity index (χ2v) is 6.41. The quantitative estimate of drug-likeness (QED) is 0.782. The minimum atomic E-state index is 0.172. The molecule has 1 amide bonds. The van der Waals surface area contributed by atoms with Crippen molar-refractivity contribution in [3.8, 4) is 17.2 Å². The first-order valence-corrected chi connectivity index (χ1v) is 9.03. The molecule has 2 aromatic carbocycles. The van der Waals surface area contributed by atoms with E-state index in [-0.39, 0.29) is 5.91 Å². The summed E-state index contributed by atoms with van der Waals surface area (Å²) in [6, 6.07) is 13.8. The monoisotopic (exact) mass is 370 g/mol. The highest BCUT2D eigenvalue weighted by Gasteiger charge is 2.23. The number of ether oxygens (including phenoxy) is 3. The Hall–Kier alpha value is -2.89. The van der Waals surface area contributed by atoms with Gasteiger partial charge in [0.1, 0.15) is 0 Å². The highest BCUT2D eigenvalue weighted by atomic mass is 16.5. The standard InChI is InChI=1S/C21H26N2O4/c1-25-18-14-17(15-19(26-2)21(18)27-3)22-9-11-23(12-10-22)20(24)13-16-7-5-4-6-8-16/h4-8,14-15H,9-13H2,1-3H3. The molecule has 27 heavy (non-hydrogen) atoms. The molecule has 6 nitrogen and oxygen atoms in total. The lowest BCUT2D eigenvalue weighted by Crippen LogP contribution is -2.49. The van der Waals surface area contributed by atoms with Crippen LogP contribution < -0.4 is 19.1 Å². The first-order valence-electron chi connectivity index (χ1n) is 9.03. The highest BCUT2D eigenvalue weighted by molar-refractivity contribution is 5.79. The van der Waals surface area contributed by atoms with Crippen LogP contribution in [0.5, 0.6) is 17.2 Å². The van der Waals surface area contributed by atoms with Crippen LogP contribution in [-0.4, -0.2) is 58.3 Å². The van der Waals surface area contributed by atoms with Gasteiger partial charge in [-0.1, -0.05) is 30.3 Å². The predicted molar refractivity (Wildman–Crippen MR) is 105 cm³/mol. The molecule has 0 aliphatic carbocycles. The van der Waals surface area contributed by atoms with Crippen LogP contribution in [0, 0.1) is 0 Å². The maximum Gasteiger partial charge on any atom is 0.227 e. The van der Waals surface area contributed by atoms with Gasteiger partial charge in [-0.2, -0.15) is 0 Å². The summed E-state index contributed by atoms with van der Waals surface area (Å²) in [5.41, 5.74) is 2.05. The van der Waals surface area contributed by atoms with Gasteiger partial charge >= 0.3 is 0 Å². The number of carbonyl (C=O) groups is 1. The van der Waals surface area contributed by atoms with Crippen LogP contribution in [0.3, 0.4) is 0 Å². The van der Waals surface area contributed by atoms with Crippen molar-refractivity contribution in [2.45, 2.75) is 6.42 Å². The van der Waals surface area contributed by atoms with E-state index < -0.39 is 0 Å². The molecular formula is C21H26N2O4. The Labute approximate surface area is 160 Å². The largest absolute Gasteiger partial charge is 0.493 e.